The number of amides is 8. The predicted octanol–water partition coefficient (Wildman–Crippen LogP) is 10.9. The van der Waals surface area contributed by atoms with Gasteiger partial charge in [-0.15, -0.1) is 0 Å². The van der Waals surface area contributed by atoms with Crippen LogP contribution in [0.3, 0.4) is 0 Å². The first-order chi connectivity index (χ1) is 43.2. The molecule has 0 spiro atoms. The number of nitrogens with one attached hydrogen (secondary N) is 10. The number of carbonyl (C=O) groups excluding carboxylic acids is 6. The number of rotatable bonds is 22. The summed E-state index contributed by atoms with van der Waals surface area (Å²) in [6.45, 7) is 11.1. The summed E-state index contributed by atoms with van der Waals surface area (Å²) in [4.78, 5) is 88.2. The van der Waals surface area contributed by atoms with E-state index in [1.165, 1.54) is 12.2 Å². The topological polar surface area (TPSA) is 269 Å². The molecule has 4 heterocycles. The molecular weight excluding hydrogens is 1140 g/mol. The summed E-state index contributed by atoms with van der Waals surface area (Å²) < 4.78 is 0. The lowest BCUT2D eigenvalue weighted by molar-refractivity contribution is -0.112. The highest BCUT2D eigenvalue weighted by Crippen LogP contribution is 2.45. The van der Waals surface area contributed by atoms with Gasteiger partial charge in [-0.1, -0.05) is 79.4 Å². The Morgan fingerprint density at radius 3 is 1.52 bits per heavy atom. The molecule has 0 fully saturated rings. The number of hydrogen-bond acceptors (Lipinski definition) is 12. The first-order valence-electron chi connectivity index (χ1n) is 29.4. The monoisotopic (exact) mass is 1210 g/mol. The van der Waals surface area contributed by atoms with Crippen molar-refractivity contribution in [1.29, 1.82) is 0 Å². The smallest absolute Gasteiger partial charge is 0.319 e. The van der Waals surface area contributed by atoms with E-state index in [2.05, 4.69) is 69.5 Å². The summed E-state index contributed by atoms with van der Waals surface area (Å²) >= 11 is 0. The van der Waals surface area contributed by atoms with Gasteiger partial charge < -0.3 is 62.1 Å². The normalized spacial score (nSPS) is 15.3. The van der Waals surface area contributed by atoms with E-state index in [1.54, 1.807) is 101 Å². The number of nitrogens with zero attached hydrogens (tertiary/aromatic N) is 6. The van der Waals surface area contributed by atoms with Gasteiger partial charge >= 0.3 is 12.1 Å². The zero-order valence-electron chi connectivity index (χ0n) is 51.3. The Balaban J connectivity index is 0.768. The van der Waals surface area contributed by atoms with Crippen LogP contribution in [-0.4, -0.2) is 117 Å². The molecule has 2 aromatic heterocycles. The molecule has 8 aromatic rings. The van der Waals surface area contributed by atoms with E-state index in [4.69, 9.17) is 0 Å². The molecule has 6 aromatic carbocycles. The molecule has 22 nitrogen and oxygen atoms in total. The van der Waals surface area contributed by atoms with E-state index in [1.807, 2.05) is 132 Å². The molecule has 462 valence electrons. The molecule has 8 amide bonds. The number of anilines is 8. The van der Waals surface area contributed by atoms with Crippen LogP contribution >= 0.6 is 0 Å². The Kier molecular flexibility index (Phi) is 18.7. The van der Waals surface area contributed by atoms with Crippen molar-refractivity contribution < 1.29 is 28.8 Å². The van der Waals surface area contributed by atoms with Crippen molar-refractivity contribution in [2.24, 2.45) is 0 Å². The number of urea groups is 2. The van der Waals surface area contributed by atoms with Crippen LogP contribution in [0.25, 0.3) is 0 Å². The highest BCUT2D eigenvalue weighted by Gasteiger charge is 2.47. The van der Waals surface area contributed by atoms with Gasteiger partial charge in [0.2, 0.25) is 11.8 Å². The molecule has 0 saturated carbocycles. The van der Waals surface area contributed by atoms with Crippen LogP contribution in [0.5, 0.6) is 0 Å². The van der Waals surface area contributed by atoms with E-state index in [0.717, 1.165) is 27.9 Å². The van der Waals surface area contributed by atoms with Gasteiger partial charge in [0.15, 0.2) is 11.6 Å². The molecule has 0 bridgehead atoms. The number of hydrogen-bond donors (Lipinski definition) is 10. The molecule has 0 radical (unpaired) electrons. The van der Waals surface area contributed by atoms with Gasteiger partial charge in [-0.3, -0.25) is 29.4 Å². The summed E-state index contributed by atoms with van der Waals surface area (Å²) in [5.41, 5.74) is 7.65. The van der Waals surface area contributed by atoms with Crippen LogP contribution in [0.2, 0.25) is 0 Å². The van der Waals surface area contributed by atoms with Crippen molar-refractivity contribution in [1.82, 2.24) is 50.6 Å². The summed E-state index contributed by atoms with van der Waals surface area (Å²) in [7, 11) is 7.86. The Morgan fingerprint density at radius 1 is 0.533 bits per heavy atom. The molecule has 0 saturated heterocycles. The average molecular weight is 1210 g/mol. The predicted molar refractivity (Wildman–Crippen MR) is 351 cm³/mol. The largest absolute Gasteiger partial charge is 0.338 e. The lowest BCUT2D eigenvalue weighted by atomic mass is 9.93. The van der Waals surface area contributed by atoms with Crippen LogP contribution in [0.1, 0.15) is 93.6 Å². The Bertz CT molecular complexity index is 3940. The number of aromatic nitrogens is 4. The van der Waals surface area contributed by atoms with Gasteiger partial charge in [-0.2, -0.15) is 10.2 Å². The summed E-state index contributed by atoms with van der Waals surface area (Å²) in [6, 6.07) is 46.1. The highest BCUT2D eigenvalue weighted by atomic mass is 16.2. The quantitative estimate of drug-likeness (QED) is 0.0284. The molecule has 2 aliphatic rings. The van der Waals surface area contributed by atoms with Gasteiger partial charge in [-0.25, -0.2) is 9.59 Å². The Morgan fingerprint density at radius 2 is 0.978 bits per heavy atom. The van der Waals surface area contributed by atoms with Crippen LogP contribution in [-0.2, 0) is 33.8 Å². The van der Waals surface area contributed by atoms with E-state index < -0.39 is 17.0 Å². The van der Waals surface area contributed by atoms with Gasteiger partial charge in [0.25, 0.3) is 11.8 Å². The highest BCUT2D eigenvalue weighted by molar-refractivity contribution is 6.06. The molecular formula is C68H74N16O6. The molecule has 3 atom stereocenters. The first-order valence-corrected chi connectivity index (χ1v) is 29.4. The third kappa shape index (κ3) is 14.4. The standard InChI is InChI=1S/C68H74N16O6/c1-9-57(85)69-47-29-25-45(26-30-47)63(87)73-50-35-33-49(34-36-50)71-62-54-40-84(66(90)76-56(42-82(7)8)44-20-14-11-15-21-44)68(4,60(54)78-80-62)37-17-24-58(86)70-48-31-27-46(28-32-48)64(88)74-52-23-16-22-51(38-52)72-61-53-39-83(67(2,3)59(53)77-79-61)65(89)75-55(41-81(5)6)43-18-12-10-13-19-43/h9-36,38,55-56H,1,37,39-42H2,2-8H3,(H,69,85)(H,70,86)(H,73,87)(H,74,88)(H,75,89)(H,76,90)(H2,71,78,80)(H2,72,77,79)/b24-17+/t55-,56-,68?/m1/s1. The summed E-state index contributed by atoms with van der Waals surface area (Å²) in [6.07, 6.45) is 4.55. The van der Waals surface area contributed by atoms with Gasteiger partial charge in [0.05, 0.1) is 47.6 Å². The molecule has 90 heavy (non-hydrogen) atoms. The SMILES string of the molecule is C=CC(=O)Nc1ccc(C(=O)Nc2ccc(Nc3n[nH]c4c3CN(C(=O)N[C@H](CN(C)C)c3ccccc3)C4(C)C/C=C/C(=O)Nc3ccc(C(=O)Nc4cccc(Nc5n[nH]c6c5CN(C(=O)N[C@H](CN(C)C)c5ccccc5)C6(C)C)c4)cc3)cc2)cc1. The van der Waals surface area contributed by atoms with E-state index in [9.17, 15) is 28.8 Å². The second kappa shape index (κ2) is 27.0. The fourth-order valence-electron chi connectivity index (χ4n) is 11.2. The minimum atomic E-state index is -0.993. The fraction of sp³-hybridized carbons (Fsp3) is 0.235. The molecule has 0 aliphatic carbocycles. The van der Waals surface area contributed by atoms with E-state index in [0.29, 0.717) is 82.2 Å². The third-order valence-corrected chi connectivity index (χ3v) is 16.0. The fourth-order valence-corrected chi connectivity index (χ4v) is 11.2. The molecule has 1 unspecified atom stereocenters. The zero-order valence-corrected chi connectivity index (χ0v) is 51.3. The lowest BCUT2D eigenvalue weighted by Crippen LogP contribution is -2.49. The van der Waals surface area contributed by atoms with Crippen molar-refractivity contribution in [3.8, 4) is 0 Å². The van der Waals surface area contributed by atoms with Crippen molar-refractivity contribution in [2.75, 3.05) is 73.2 Å². The van der Waals surface area contributed by atoms with Crippen molar-refractivity contribution >= 4 is 81.5 Å². The second-order valence-corrected chi connectivity index (χ2v) is 23.5. The molecule has 10 rings (SSSR count). The number of fused-ring (bicyclic) bond motifs is 2. The maximum atomic E-state index is 14.6. The minimum Gasteiger partial charge on any atom is -0.338 e. The van der Waals surface area contributed by atoms with Gasteiger partial charge in [0, 0.05) is 69.5 Å². The maximum absolute atomic E-state index is 14.6. The van der Waals surface area contributed by atoms with Crippen LogP contribution in [0.15, 0.2) is 183 Å². The summed E-state index contributed by atoms with van der Waals surface area (Å²) in [5, 5.41) is 40.3. The lowest BCUT2D eigenvalue weighted by Gasteiger charge is -2.36. The average Bonchev–Trinajstić information content (AvgIpc) is 1.61. The van der Waals surface area contributed by atoms with Crippen molar-refractivity contribution in [2.45, 2.75) is 63.4 Å². The van der Waals surface area contributed by atoms with Gasteiger partial charge in [0.1, 0.15) is 0 Å². The Hall–Kier alpha value is -10.8. The molecule has 10 N–H and O–H groups in total. The summed E-state index contributed by atoms with van der Waals surface area (Å²) in [5.74, 6) is -0.379. The van der Waals surface area contributed by atoms with Crippen molar-refractivity contribution in [3.63, 3.8) is 0 Å². The molecule has 2 aliphatic heterocycles. The van der Waals surface area contributed by atoms with Crippen LogP contribution < -0.4 is 42.5 Å². The maximum Gasteiger partial charge on any atom is 0.319 e. The first kappa shape index (κ1) is 62.2. The van der Waals surface area contributed by atoms with E-state index >= 15 is 0 Å². The third-order valence-electron chi connectivity index (χ3n) is 16.0. The number of carbonyl (C=O) groups is 6. The zero-order chi connectivity index (χ0) is 63.7. The number of benzene rings is 6. The second-order valence-electron chi connectivity index (χ2n) is 23.5. The Labute approximate surface area is 522 Å². The minimum absolute atomic E-state index is 0.188. The number of aromatic amines is 2. The number of H-pyrrole nitrogens is 2. The van der Waals surface area contributed by atoms with Crippen LogP contribution in [0, 0.1) is 0 Å². The molecule has 22 heteroatoms. The number of likely N-dealkylation sites (N-methyl/N-ethyl adjacent to an activating group) is 2. The van der Waals surface area contributed by atoms with Crippen LogP contribution in [0.4, 0.5) is 55.3 Å². The van der Waals surface area contributed by atoms with E-state index in [-0.39, 0.29) is 54.8 Å². The van der Waals surface area contributed by atoms with Gasteiger partial charge in [-0.05, 0) is 170 Å². The van der Waals surface area contributed by atoms with Crippen molar-refractivity contribution in [3.05, 3.63) is 227 Å².